The van der Waals surface area contributed by atoms with Crippen molar-refractivity contribution in [2.75, 3.05) is 13.7 Å². The van der Waals surface area contributed by atoms with Gasteiger partial charge in [-0.05, 0) is 37.0 Å². The van der Waals surface area contributed by atoms with Crippen molar-refractivity contribution in [3.8, 4) is 5.75 Å². The van der Waals surface area contributed by atoms with E-state index in [0.29, 0.717) is 19.4 Å². The van der Waals surface area contributed by atoms with Gasteiger partial charge in [-0.1, -0.05) is 25.5 Å². The molecule has 2 unspecified atom stereocenters. The Morgan fingerprint density at radius 3 is 2.50 bits per heavy atom. The third-order valence-electron chi connectivity index (χ3n) is 5.81. The first-order valence-electron chi connectivity index (χ1n) is 9.91. The summed E-state index contributed by atoms with van der Waals surface area (Å²) in [6, 6.07) is 7.07. The molecule has 1 aromatic rings. The third kappa shape index (κ3) is 4.13. The molecule has 2 fully saturated rings. The number of unbranched alkanes of at least 4 members (excludes halogenated alkanes) is 1. The van der Waals surface area contributed by atoms with Crippen LogP contribution in [0.15, 0.2) is 24.3 Å². The maximum Gasteiger partial charge on any atom is 0.306 e. The number of hydrogen-bond acceptors (Lipinski definition) is 4. The number of benzene rings is 1. The quantitative estimate of drug-likeness (QED) is 0.713. The summed E-state index contributed by atoms with van der Waals surface area (Å²) in [5.41, 5.74) is 0.917. The van der Waals surface area contributed by atoms with E-state index in [4.69, 9.17) is 9.84 Å². The van der Waals surface area contributed by atoms with E-state index in [1.165, 1.54) is 0 Å². The highest BCUT2D eigenvalue weighted by atomic mass is 16.5. The molecule has 7 nitrogen and oxygen atoms in total. The van der Waals surface area contributed by atoms with Crippen LogP contribution >= 0.6 is 0 Å². The summed E-state index contributed by atoms with van der Waals surface area (Å²) in [6.45, 7) is 2.70. The van der Waals surface area contributed by atoms with E-state index < -0.39 is 11.9 Å². The van der Waals surface area contributed by atoms with Gasteiger partial charge >= 0.3 is 5.97 Å². The predicted molar refractivity (Wildman–Crippen MR) is 103 cm³/mol. The SMILES string of the molecule is CCCCN1C(=O)CC(C(=O)NC2CC(C(=O)O)C2)C1c1ccc(OC)cc1. The van der Waals surface area contributed by atoms with E-state index in [-0.39, 0.29) is 36.2 Å². The molecule has 2 N–H and O–H groups in total. The Morgan fingerprint density at radius 1 is 1.25 bits per heavy atom. The number of likely N-dealkylation sites (tertiary alicyclic amines) is 1. The summed E-state index contributed by atoms with van der Waals surface area (Å²) in [5.74, 6) is -1.12. The smallest absolute Gasteiger partial charge is 0.306 e. The van der Waals surface area contributed by atoms with Gasteiger partial charge in [0.05, 0.1) is 25.0 Å². The van der Waals surface area contributed by atoms with Crippen molar-refractivity contribution < 1.29 is 24.2 Å². The van der Waals surface area contributed by atoms with Crippen molar-refractivity contribution in [2.45, 2.75) is 51.1 Å². The lowest BCUT2D eigenvalue weighted by Gasteiger charge is -2.35. The molecule has 1 aliphatic heterocycles. The molecule has 1 aliphatic carbocycles. The van der Waals surface area contributed by atoms with Gasteiger partial charge in [0.25, 0.3) is 0 Å². The molecule has 2 amide bonds. The first-order chi connectivity index (χ1) is 13.4. The predicted octanol–water partition coefficient (Wildman–Crippen LogP) is 2.36. The lowest BCUT2D eigenvalue weighted by Crippen LogP contribution is -2.49. The number of ether oxygens (including phenoxy) is 1. The van der Waals surface area contributed by atoms with Crippen molar-refractivity contribution in [1.29, 1.82) is 0 Å². The van der Waals surface area contributed by atoms with Crippen molar-refractivity contribution >= 4 is 17.8 Å². The maximum atomic E-state index is 12.9. The summed E-state index contributed by atoms with van der Waals surface area (Å²) in [7, 11) is 1.60. The highest BCUT2D eigenvalue weighted by Crippen LogP contribution is 2.39. The van der Waals surface area contributed by atoms with E-state index in [1.807, 2.05) is 29.2 Å². The fraction of sp³-hybridized carbons (Fsp3) is 0.571. The molecule has 1 heterocycles. The third-order valence-corrected chi connectivity index (χ3v) is 5.81. The number of methoxy groups -OCH3 is 1. The van der Waals surface area contributed by atoms with Crippen LogP contribution < -0.4 is 10.1 Å². The Labute approximate surface area is 165 Å². The number of nitrogens with zero attached hydrogens (tertiary/aromatic N) is 1. The molecular formula is C21H28N2O5. The number of carbonyl (C=O) groups is 3. The van der Waals surface area contributed by atoms with Crippen molar-refractivity contribution in [3.63, 3.8) is 0 Å². The number of hydrogen-bond donors (Lipinski definition) is 2. The highest BCUT2D eigenvalue weighted by molar-refractivity contribution is 5.90. The Bertz CT molecular complexity index is 727. The Morgan fingerprint density at radius 2 is 1.93 bits per heavy atom. The summed E-state index contributed by atoms with van der Waals surface area (Å²) >= 11 is 0. The molecule has 1 aromatic carbocycles. The second-order valence-electron chi connectivity index (χ2n) is 7.68. The molecule has 152 valence electrons. The van der Waals surface area contributed by atoms with Gasteiger partial charge in [0.2, 0.25) is 11.8 Å². The van der Waals surface area contributed by atoms with E-state index in [1.54, 1.807) is 7.11 Å². The molecule has 1 saturated heterocycles. The van der Waals surface area contributed by atoms with E-state index in [9.17, 15) is 14.4 Å². The number of carboxylic acids is 1. The van der Waals surface area contributed by atoms with Crippen LogP contribution in [0.2, 0.25) is 0 Å². The van der Waals surface area contributed by atoms with Crippen LogP contribution in [-0.2, 0) is 14.4 Å². The second-order valence-corrected chi connectivity index (χ2v) is 7.68. The molecule has 2 atom stereocenters. The minimum absolute atomic E-state index is 0.00793. The number of rotatable bonds is 8. The summed E-state index contributed by atoms with van der Waals surface area (Å²) in [6.07, 6.45) is 2.94. The van der Waals surface area contributed by atoms with Gasteiger partial charge in [-0.3, -0.25) is 14.4 Å². The number of carboxylic acid groups (broad SMARTS) is 1. The largest absolute Gasteiger partial charge is 0.497 e. The molecule has 7 heteroatoms. The lowest BCUT2D eigenvalue weighted by atomic mass is 9.80. The molecular weight excluding hydrogens is 360 g/mol. The van der Waals surface area contributed by atoms with E-state index in [0.717, 1.165) is 24.2 Å². The fourth-order valence-corrected chi connectivity index (χ4v) is 4.08. The summed E-state index contributed by atoms with van der Waals surface area (Å²) in [5, 5.41) is 12.0. The van der Waals surface area contributed by atoms with Crippen LogP contribution in [0, 0.1) is 11.8 Å². The van der Waals surface area contributed by atoms with Gasteiger partial charge in [0.15, 0.2) is 0 Å². The van der Waals surface area contributed by atoms with E-state index >= 15 is 0 Å². The second kappa shape index (κ2) is 8.63. The van der Waals surface area contributed by atoms with Gasteiger partial charge in [-0.15, -0.1) is 0 Å². The van der Waals surface area contributed by atoms with Crippen LogP contribution in [0.5, 0.6) is 5.75 Å². The van der Waals surface area contributed by atoms with Crippen molar-refractivity contribution in [1.82, 2.24) is 10.2 Å². The zero-order chi connectivity index (χ0) is 20.3. The van der Waals surface area contributed by atoms with Crippen LogP contribution in [-0.4, -0.2) is 47.5 Å². The minimum Gasteiger partial charge on any atom is -0.497 e. The molecule has 1 saturated carbocycles. The maximum absolute atomic E-state index is 12.9. The highest BCUT2D eigenvalue weighted by Gasteiger charge is 2.45. The first kappa shape index (κ1) is 20.2. The summed E-state index contributed by atoms with van der Waals surface area (Å²) in [4.78, 5) is 38.4. The molecule has 0 bridgehead atoms. The Balaban J connectivity index is 1.76. The molecule has 2 aliphatic rings. The van der Waals surface area contributed by atoms with Crippen LogP contribution in [0.4, 0.5) is 0 Å². The first-order valence-corrected chi connectivity index (χ1v) is 9.91. The van der Waals surface area contributed by atoms with Crippen LogP contribution in [0.3, 0.4) is 0 Å². The van der Waals surface area contributed by atoms with Gasteiger partial charge in [-0.2, -0.15) is 0 Å². The number of nitrogens with one attached hydrogen (secondary N) is 1. The lowest BCUT2D eigenvalue weighted by molar-refractivity contribution is -0.146. The van der Waals surface area contributed by atoms with Crippen LogP contribution in [0.25, 0.3) is 0 Å². The molecule has 0 radical (unpaired) electrons. The minimum atomic E-state index is -0.816. The molecule has 3 rings (SSSR count). The van der Waals surface area contributed by atoms with Gasteiger partial charge < -0.3 is 20.1 Å². The topological polar surface area (TPSA) is 95.9 Å². The number of aliphatic carboxylic acids is 1. The standard InChI is InChI=1S/C21H28N2O5/c1-3-4-9-23-18(24)12-17(19(23)13-5-7-16(28-2)8-6-13)20(25)22-15-10-14(11-15)21(26)27/h5-8,14-15,17,19H,3-4,9-12H2,1-2H3,(H,22,25)(H,26,27). The fourth-order valence-electron chi connectivity index (χ4n) is 4.08. The molecule has 0 aromatic heterocycles. The molecule has 0 spiro atoms. The monoisotopic (exact) mass is 388 g/mol. The average Bonchev–Trinajstić information content (AvgIpc) is 2.98. The Kier molecular flexibility index (Phi) is 6.21. The number of carbonyl (C=O) groups excluding carboxylic acids is 2. The average molecular weight is 388 g/mol. The molecule has 28 heavy (non-hydrogen) atoms. The van der Waals surface area contributed by atoms with E-state index in [2.05, 4.69) is 12.2 Å². The number of amides is 2. The Hall–Kier alpha value is -2.57. The van der Waals surface area contributed by atoms with Gasteiger partial charge in [0, 0.05) is 19.0 Å². The summed E-state index contributed by atoms with van der Waals surface area (Å²) < 4.78 is 5.22. The van der Waals surface area contributed by atoms with Gasteiger partial charge in [0.1, 0.15) is 5.75 Å². The van der Waals surface area contributed by atoms with Crippen molar-refractivity contribution in [3.05, 3.63) is 29.8 Å². The van der Waals surface area contributed by atoms with Gasteiger partial charge in [-0.25, -0.2) is 0 Å². The van der Waals surface area contributed by atoms with Crippen molar-refractivity contribution in [2.24, 2.45) is 11.8 Å². The zero-order valence-corrected chi connectivity index (χ0v) is 16.4. The van der Waals surface area contributed by atoms with Crippen LogP contribution in [0.1, 0.15) is 50.6 Å². The normalized spacial score (nSPS) is 26.6. The zero-order valence-electron chi connectivity index (χ0n) is 16.4.